The molecule has 0 aromatic heterocycles. The van der Waals surface area contributed by atoms with Gasteiger partial charge in [-0.25, -0.2) is 0 Å². The van der Waals surface area contributed by atoms with E-state index in [1.54, 1.807) is 0 Å². The highest BCUT2D eigenvalue weighted by Crippen LogP contribution is 2.40. The van der Waals surface area contributed by atoms with Gasteiger partial charge in [0.1, 0.15) is 0 Å². The lowest BCUT2D eigenvalue weighted by molar-refractivity contribution is 0.157. The van der Waals surface area contributed by atoms with Crippen molar-refractivity contribution in [3.8, 4) is 0 Å². The Hall–Kier alpha value is -0.0400. The monoisotopic (exact) mass is 211 g/mol. The Labute approximate surface area is 96.0 Å². The SMILES string of the molecule is CCC1(C)CCC(CNC(C)(C)C)CC1. The molecule has 1 aliphatic rings. The Bertz CT molecular complexity index is 182. The van der Waals surface area contributed by atoms with E-state index in [1.165, 1.54) is 38.6 Å². The first-order valence-electron chi connectivity index (χ1n) is 6.60. The molecule has 0 atom stereocenters. The minimum Gasteiger partial charge on any atom is -0.312 e. The van der Waals surface area contributed by atoms with E-state index in [-0.39, 0.29) is 5.54 Å². The molecule has 90 valence electrons. The largest absolute Gasteiger partial charge is 0.312 e. The van der Waals surface area contributed by atoms with Crippen molar-refractivity contribution in [2.24, 2.45) is 11.3 Å². The van der Waals surface area contributed by atoms with E-state index in [4.69, 9.17) is 0 Å². The van der Waals surface area contributed by atoms with Gasteiger partial charge in [0.15, 0.2) is 0 Å². The lowest BCUT2D eigenvalue weighted by Crippen LogP contribution is -2.40. The summed E-state index contributed by atoms with van der Waals surface area (Å²) in [5.74, 6) is 0.920. The Morgan fingerprint density at radius 3 is 2.13 bits per heavy atom. The van der Waals surface area contributed by atoms with Gasteiger partial charge in [0.2, 0.25) is 0 Å². The summed E-state index contributed by atoms with van der Waals surface area (Å²) in [5, 5.41) is 3.64. The summed E-state index contributed by atoms with van der Waals surface area (Å²) in [6.45, 7) is 12.8. The van der Waals surface area contributed by atoms with Crippen LogP contribution in [0.5, 0.6) is 0 Å². The van der Waals surface area contributed by atoms with Crippen molar-refractivity contribution in [1.29, 1.82) is 0 Å². The molecule has 0 heterocycles. The molecular weight excluding hydrogens is 182 g/mol. The maximum Gasteiger partial charge on any atom is 0.00966 e. The van der Waals surface area contributed by atoms with Gasteiger partial charge in [-0.15, -0.1) is 0 Å². The first-order valence-corrected chi connectivity index (χ1v) is 6.60. The maximum atomic E-state index is 3.64. The lowest BCUT2D eigenvalue weighted by Gasteiger charge is -2.37. The molecule has 0 unspecified atom stereocenters. The average Bonchev–Trinajstić information content (AvgIpc) is 2.16. The van der Waals surface area contributed by atoms with Gasteiger partial charge in [0.25, 0.3) is 0 Å². The zero-order chi connectivity index (χ0) is 11.5. The minimum atomic E-state index is 0.283. The molecule has 0 aromatic carbocycles. The van der Waals surface area contributed by atoms with Gasteiger partial charge in [-0.1, -0.05) is 20.3 Å². The van der Waals surface area contributed by atoms with Crippen molar-refractivity contribution in [3.63, 3.8) is 0 Å². The van der Waals surface area contributed by atoms with Crippen molar-refractivity contribution in [2.45, 2.75) is 72.3 Å². The fourth-order valence-corrected chi connectivity index (χ4v) is 2.38. The molecule has 0 saturated heterocycles. The number of hydrogen-bond acceptors (Lipinski definition) is 1. The van der Waals surface area contributed by atoms with Crippen LogP contribution in [0.15, 0.2) is 0 Å². The topological polar surface area (TPSA) is 12.0 Å². The molecule has 1 fully saturated rings. The van der Waals surface area contributed by atoms with E-state index in [2.05, 4.69) is 39.9 Å². The standard InChI is InChI=1S/C14H29N/c1-6-14(5)9-7-12(8-10-14)11-15-13(2,3)4/h12,15H,6-11H2,1-5H3. The van der Waals surface area contributed by atoms with Crippen molar-refractivity contribution in [3.05, 3.63) is 0 Å². The molecule has 1 heteroatoms. The molecule has 1 rings (SSSR count). The van der Waals surface area contributed by atoms with E-state index >= 15 is 0 Å². The second-order valence-corrected chi connectivity index (χ2v) is 6.74. The van der Waals surface area contributed by atoms with E-state index in [0.29, 0.717) is 5.41 Å². The summed E-state index contributed by atoms with van der Waals surface area (Å²) in [6, 6.07) is 0. The molecule has 1 N–H and O–H groups in total. The molecule has 0 spiro atoms. The van der Waals surface area contributed by atoms with Crippen molar-refractivity contribution in [2.75, 3.05) is 6.54 Å². The Morgan fingerprint density at radius 2 is 1.73 bits per heavy atom. The van der Waals surface area contributed by atoms with Crippen LogP contribution >= 0.6 is 0 Å². The summed E-state index contributed by atoms with van der Waals surface area (Å²) in [6.07, 6.45) is 7.06. The third-order valence-electron chi connectivity index (χ3n) is 4.09. The summed E-state index contributed by atoms with van der Waals surface area (Å²) in [4.78, 5) is 0. The van der Waals surface area contributed by atoms with Crippen molar-refractivity contribution >= 4 is 0 Å². The first-order chi connectivity index (χ1) is 6.85. The zero-order valence-electron chi connectivity index (χ0n) is 11.3. The van der Waals surface area contributed by atoms with Crippen LogP contribution in [0, 0.1) is 11.3 Å². The highest BCUT2D eigenvalue weighted by Gasteiger charge is 2.29. The van der Waals surface area contributed by atoms with Crippen molar-refractivity contribution in [1.82, 2.24) is 5.32 Å². The van der Waals surface area contributed by atoms with Crippen LogP contribution in [0.1, 0.15) is 66.7 Å². The lowest BCUT2D eigenvalue weighted by atomic mass is 9.70. The molecule has 1 saturated carbocycles. The highest BCUT2D eigenvalue weighted by molar-refractivity contribution is 4.83. The van der Waals surface area contributed by atoms with Crippen LogP contribution in [0.25, 0.3) is 0 Å². The molecule has 1 nitrogen and oxygen atoms in total. The highest BCUT2D eigenvalue weighted by atomic mass is 14.9. The second-order valence-electron chi connectivity index (χ2n) is 6.74. The second kappa shape index (κ2) is 4.86. The van der Waals surface area contributed by atoms with Crippen LogP contribution in [0.3, 0.4) is 0 Å². The summed E-state index contributed by atoms with van der Waals surface area (Å²) in [7, 11) is 0. The normalized spacial score (nSPS) is 33.0. The predicted octanol–water partition coefficient (Wildman–Crippen LogP) is 3.98. The molecule has 15 heavy (non-hydrogen) atoms. The van der Waals surface area contributed by atoms with Gasteiger partial charge in [0.05, 0.1) is 0 Å². The first kappa shape index (κ1) is 13.0. The molecule has 0 radical (unpaired) electrons. The fraction of sp³-hybridized carbons (Fsp3) is 1.00. The average molecular weight is 211 g/mol. The van der Waals surface area contributed by atoms with Gasteiger partial charge in [-0.05, 0) is 64.3 Å². The van der Waals surface area contributed by atoms with Crippen molar-refractivity contribution < 1.29 is 0 Å². The Kier molecular flexibility index (Phi) is 4.22. The van der Waals surface area contributed by atoms with Gasteiger partial charge in [-0.3, -0.25) is 0 Å². The summed E-state index contributed by atoms with van der Waals surface area (Å²) >= 11 is 0. The number of nitrogens with one attached hydrogen (secondary N) is 1. The van der Waals surface area contributed by atoms with Gasteiger partial charge in [0, 0.05) is 5.54 Å². The molecule has 0 aliphatic heterocycles. The van der Waals surface area contributed by atoms with Gasteiger partial charge >= 0.3 is 0 Å². The minimum absolute atomic E-state index is 0.283. The van der Waals surface area contributed by atoms with E-state index in [9.17, 15) is 0 Å². The molecule has 0 amide bonds. The van der Waals surface area contributed by atoms with Crippen LogP contribution in [-0.4, -0.2) is 12.1 Å². The molecule has 0 bridgehead atoms. The Balaban J connectivity index is 2.26. The smallest absolute Gasteiger partial charge is 0.00966 e. The third kappa shape index (κ3) is 4.55. The summed E-state index contributed by atoms with van der Waals surface area (Å²) < 4.78 is 0. The quantitative estimate of drug-likeness (QED) is 0.744. The van der Waals surface area contributed by atoms with Gasteiger partial charge < -0.3 is 5.32 Å². The van der Waals surface area contributed by atoms with Gasteiger partial charge in [-0.2, -0.15) is 0 Å². The molecular formula is C14H29N. The molecule has 0 aromatic rings. The summed E-state index contributed by atoms with van der Waals surface area (Å²) in [5.41, 5.74) is 0.934. The molecule has 1 aliphatic carbocycles. The van der Waals surface area contributed by atoms with Crippen LogP contribution < -0.4 is 5.32 Å². The van der Waals surface area contributed by atoms with E-state index in [0.717, 1.165) is 5.92 Å². The van der Waals surface area contributed by atoms with Crippen LogP contribution in [0.4, 0.5) is 0 Å². The fourth-order valence-electron chi connectivity index (χ4n) is 2.38. The maximum absolute atomic E-state index is 3.64. The van der Waals surface area contributed by atoms with E-state index < -0.39 is 0 Å². The van der Waals surface area contributed by atoms with E-state index in [1.807, 2.05) is 0 Å². The Morgan fingerprint density at radius 1 is 1.20 bits per heavy atom. The number of rotatable bonds is 3. The zero-order valence-corrected chi connectivity index (χ0v) is 11.3. The van der Waals surface area contributed by atoms with Crippen LogP contribution in [0.2, 0.25) is 0 Å². The predicted molar refractivity (Wildman–Crippen MR) is 68.1 cm³/mol. The number of hydrogen-bond donors (Lipinski definition) is 1. The van der Waals surface area contributed by atoms with Crippen LogP contribution in [-0.2, 0) is 0 Å². The third-order valence-corrected chi connectivity index (χ3v) is 4.09.